The topological polar surface area (TPSA) is 70.6 Å². The number of nitrogens with zero attached hydrogens (tertiary/aromatic N) is 1. The Morgan fingerprint density at radius 3 is 2.39 bits per heavy atom. The van der Waals surface area contributed by atoms with E-state index in [0.29, 0.717) is 21.8 Å². The lowest BCUT2D eigenvalue weighted by molar-refractivity contribution is 0.0953. The molecule has 4 rings (SSSR count). The van der Waals surface area contributed by atoms with Gasteiger partial charge in [-0.05, 0) is 52.7 Å². The summed E-state index contributed by atoms with van der Waals surface area (Å²) >= 11 is 6.07. The molecular formula is C25H18ClN3O2. The molecule has 6 heteroatoms. The van der Waals surface area contributed by atoms with Crippen molar-refractivity contribution < 1.29 is 9.59 Å². The highest BCUT2D eigenvalue weighted by Crippen LogP contribution is 2.18. The minimum atomic E-state index is -0.383. The fourth-order valence-electron chi connectivity index (χ4n) is 3.10. The predicted molar refractivity (Wildman–Crippen MR) is 125 cm³/mol. The molecule has 0 bridgehead atoms. The van der Waals surface area contributed by atoms with Crippen molar-refractivity contribution in [3.63, 3.8) is 0 Å². The van der Waals surface area contributed by atoms with E-state index >= 15 is 0 Å². The molecule has 4 aromatic carbocycles. The summed E-state index contributed by atoms with van der Waals surface area (Å²) in [7, 11) is 0. The van der Waals surface area contributed by atoms with Crippen LogP contribution >= 0.6 is 11.6 Å². The molecule has 0 aliphatic carbocycles. The molecule has 0 aromatic heterocycles. The zero-order valence-corrected chi connectivity index (χ0v) is 17.1. The van der Waals surface area contributed by atoms with Gasteiger partial charge in [0.15, 0.2) is 0 Å². The van der Waals surface area contributed by atoms with Gasteiger partial charge in [0.1, 0.15) is 0 Å². The third-order valence-corrected chi connectivity index (χ3v) is 4.98. The summed E-state index contributed by atoms with van der Waals surface area (Å²) in [5.74, 6) is -0.733. The van der Waals surface area contributed by atoms with Gasteiger partial charge in [0.05, 0.1) is 16.8 Å². The van der Waals surface area contributed by atoms with Crippen LogP contribution in [0, 0.1) is 0 Å². The summed E-state index contributed by atoms with van der Waals surface area (Å²) in [6.45, 7) is 0. The Morgan fingerprint density at radius 1 is 0.774 bits per heavy atom. The van der Waals surface area contributed by atoms with Crippen LogP contribution < -0.4 is 10.7 Å². The second kappa shape index (κ2) is 9.24. The van der Waals surface area contributed by atoms with E-state index in [0.717, 1.165) is 16.3 Å². The quantitative estimate of drug-likeness (QED) is 0.325. The molecule has 2 amide bonds. The van der Waals surface area contributed by atoms with Crippen molar-refractivity contribution in [2.75, 3.05) is 5.32 Å². The number of carbonyl (C=O) groups is 2. The Kier molecular flexibility index (Phi) is 6.05. The summed E-state index contributed by atoms with van der Waals surface area (Å²) < 4.78 is 0. The number of amides is 2. The van der Waals surface area contributed by atoms with Crippen molar-refractivity contribution >= 4 is 46.1 Å². The van der Waals surface area contributed by atoms with Gasteiger partial charge >= 0.3 is 0 Å². The SMILES string of the molecule is O=C(N/N=C\c1ccc2ccccc2c1)c1cccc(NC(=O)c2ccccc2Cl)c1. The zero-order valence-electron chi connectivity index (χ0n) is 16.4. The molecule has 0 spiro atoms. The molecule has 0 atom stereocenters. The van der Waals surface area contributed by atoms with Crippen LogP contribution in [0.15, 0.2) is 96.1 Å². The van der Waals surface area contributed by atoms with Crippen LogP contribution in [0.1, 0.15) is 26.3 Å². The van der Waals surface area contributed by atoms with Crippen molar-refractivity contribution in [1.29, 1.82) is 0 Å². The van der Waals surface area contributed by atoms with Gasteiger partial charge in [-0.25, -0.2) is 5.43 Å². The van der Waals surface area contributed by atoms with Gasteiger partial charge in [-0.3, -0.25) is 9.59 Å². The fourth-order valence-corrected chi connectivity index (χ4v) is 3.32. The van der Waals surface area contributed by atoms with E-state index < -0.39 is 0 Å². The van der Waals surface area contributed by atoms with Crippen LogP contribution in [0.4, 0.5) is 5.69 Å². The number of anilines is 1. The van der Waals surface area contributed by atoms with E-state index in [9.17, 15) is 9.59 Å². The van der Waals surface area contributed by atoms with Crippen LogP contribution in [0.3, 0.4) is 0 Å². The Bertz CT molecular complexity index is 1300. The van der Waals surface area contributed by atoms with E-state index in [2.05, 4.69) is 15.8 Å². The normalized spacial score (nSPS) is 10.9. The summed E-state index contributed by atoms with van der Waals surface area (Å²) in [6.07, 6.45) is 1.59. The van der Waals surface area contributed by atoms with Crippen LogP contribution in [-0.4, -0.2) is 18.0 Å². The largest absolute Gasteiger partial charge is 0.322 e. The maximum absolute atomic E-state index is 12.5. The lowest BCUT2D eigenvalue weighted by atomic mass is 10.1. The van der Waals surface area contributed by atoms with Crippen molar-refractivity contribution in [3.05, 3.63) is 113 Å². The number of hydrogen-bond donors (Lipinski definition) is 2. The van der Waals surface area contributed by atoms with E-state index in [4.69, 9.17) is 11.6 Å². The highest BCUT2D eigenvalue weighted by atomic mass is 35.5. The molecule has 0 saturated heterocycles. The van der Waals surface area contributed by atoms with E-state index in [-0.39, 0.29) is 11.8 Å². The Labute approximate surface area is 184 Å². The number of halogens is 1. The Hall–Kier alpha value is -3.96. The van der Waals surface area contributed by atoms with Crippen molar-refractivity contribution in [3.8, 4) is 0 Å². The molecule has 0 fully saturated rings. The molecule has 0 heterocycles. The number of benzene rings is 4. The van der Waals surface area contributed by atoms with Crippen LogP contribution in [-0.2, 0) is 0 Å². The van der Waals surface area contributed by atoms with Gasteiger partial charge in [-0.2, -0.15) is 5.10 Å². The minimum absolute atomic E-state index is 0.350. The molecule has 0 radical (unpaired) electrons. The van der Waals surface area contributed by atoms with Gasteiger partial charge in [0.25, 0.3) is 11.8 Å². The number of hydrazone groups is 1. The molecule has 0 unspecified atom stereocenters. The number of rotatable bonds is 5. The third-order valence-electron chi connectivity index (χ3n) is 4.65. The minimum Gasteiger partial charge on any atom is -0.322 e. The molecule has 31 heavy (non-hydrogen) atoms. The van der Waals surface area contributed by atoms with Crippen LogP contribution in [0.25, 0.3) is 10.8 Å². The Morgan fingerprint density at radius 2 is 1.55 bits per heavy atom. The maximum Gasteiger partial charge on any atom is 0.271 e. The molecule has 0 aliphatic heterocycles. The first kappa shape index (κ1) is 20.3. The molecular weight excluding hydrogens is 410 g/mol. The number of fused-ring (bicyclic) bond motifs is 1. The van der Waals surface area contributed by atoms with Crippen LogP contribution in [0.2, 0.25) is 5.02 Å². The van der Waals surface area contributed by atoms with Gasteiger partial charge < -0.3 is 5.32 Å². The maximum atomic E-state index is 12.5. The van der Waals surface area contributed by atoms with E-state index in [1.54, 1.807) is 54.7 Å². The average Bonchev–Trinajstić information content (AvgIpc) is 2.79. The van der Waals surface area contributed by atoms with Crippen LogP contribution in [0.5, 0.6) is 0 Å². The van der Waals surface area contributed by atoms with Crippen molar-refractivity contribution in [1.82, 2.24) is 5.43 Å². The first-order valence-corrected chi connectivity index (χ1v) is 9.96. The number of nitrogens with one attached hydrogen (secondary N) is 2. The number of carbonyl (C=O) groups excluding carboxylic acids is 2. The average molecular weight is 428 g/mol. The lowest BCUT2D eigenvalue weighted by Gasteiger charge is -2.08. The highest BCUT2D eigenvalue weighted by Gasteiger charge is 2.11. The second-order valence-electron chi connectivity index (χ2n) is 6.82. The first-order chi connectivity index (χ1) is 15.1. The molecule has 4 aromatic rings. The van der Waals surface area contributed by atoms with Crippen molar-refractivity contribution in [2.45, 2.75) is 0 Å². The summed E-state index contributed by atoms with van der Waals surface area (Å²) in [5.41, 5.74) is 4.60. The molecule has 152 valence electrons. The summed E-state index contributed by atoms with van der Waals surface area (Å²) in [5, 5.41) is 9.39. The molecule has 5 nitrogen and oxygen atoms in total. The van der Waals surface area contributed by atoms with Crippen molar-refractivity contribution in [2.24, 2.45) is 5.10 Å². The summed E-state index contributed by atoms with van der Waals surface area (Å²) in [4.78, 5) is 24.9. The monoisotopic (exact) mass is 427 g/mol. The third kappa shape index (κ3) is 4.97. The van der Waals surface area contributed by atoms with Gasteiger partial charge in [-0.1, -0.05) is 66.2 Å². The van der Waals surface area contributed by atoms with E-state index in [1.165, 1.54) is 0 Å². The smallest absolute Gasteiger partial charge is 0.271 e. The molecule has 0 aliphatic rings. The highest BCUT2D eigenvalue weighted by molar-refractivity contribution is 6.34. The molecule has 2 N–H and O–H groups in total. The number of hydrogen-bond acceptors (Lipinski definition) is 3. The standard InChI is InChI=1S/C25H18ClN3O2/c26-23-11-4-3-10-22(23)25(31)28-21-9-5-8-20(15-21)24(30)29-27-16-17-12-13-18-6-1-2-7-19(18)14-17/h1-16H,(H,28,31)(H,29,30)/b27-16-. The molecule has 0 saturated carbocycles. The second-order valence-corrected chi connectivity index (χ2v) is 7.23. The van der Waals surface area contributed by atoms with Gasteiger partial charge in [0, 0.05) is 11.3 Å². The van der Waals surface area contributed by atoms with Gasteiger partial charge in [-0.15, -0.1) is 0 Å². The van der Waals surface area contributed by atoms with E-state index in [1.807, 2.05) is 42.5 Å². The zero-order chi connectivity index (χ0) is 21.6. The Balaban J connectivity index is 1.42. The van der Waals surface area contributed by atoms with Gasteiger partial charge in [0.2, 0.25) is 0 Å². The first-order valence-electron chi connectivity index (χ1n) is 9.58. The predicted octanol–water partition coefficient (Wildman–Crippen LogP) is 5.51. The summed E-state index contributed by atoms with van der Waals surface area (Å²) in [6, 6.07) is 27.3. The fraction of sp³-hybridized carbons (Fsp3) is 0. The lowest BCUT2D eigenvalue weighted by Crippen LogP contribution is -2.18.